The van der Waals surface area contributed by atoms with Gasteiger partial charge < -0.3 is 10.2 Å². The topological polar surface area (TPSA) is 86.7 Å². The first-order chi connectivity index (χ1) is 12.6. The summed E-state index contributed by atoms with van der Waals surface area (Å²) in [5.74, 6) is -0.734. The molecule has 2 N–H and O–H groups in total. The number of rotatable bonds is 8. The van der Waals surface area contributed by atoms with E-state index in [0.29, 0.717) is 5.56 Å². The van der Waals surface area contributed by atoms with Crippen LogP contribution in [0.5, 0.6) is 0 Å². The van der Waals surface area contributed by atoms with Gasteiger partial charge in [0.1, 0.15) is 0 Å². The summed E-state index contributed by atoms with van der Waals surface area (Å²) in [6.07, 6.45) is 4.60. The number of hydrazone groups is 1. The van der Waals surface area contributed by atoms with Crippen LogP contribution in [-0.2, 0) is 4.79 Å². The molecule has 0 fully saturated rings. The second-order valence-electron chi connectivity index (χ2n) is 5.48. The number of nitrogens with zero attached hydrogens (tertiary/aromatic N) is 3. The molecule has 2 rings (SSSR count). The molecule has 0 saturated carbocycles. The molecule has 0 bridgehead atoms. The van der Waals surface area contributed by atoms with Crippen molar-refractivity contribution in [2.24, 2.45) is 5.10 Å². The van der Waals surface area contributed by atoms with Crippen LogP contribution in [0.25, 0.3) is 0 Å². The van der Waals surface area contributed by atoms with Crippen LogP contribution >= 0.6 is 0 Å². The van der Waals surface area contributed by atoms with E-state index in [-0.39, 0.29) is 12.5 Å². The van der Waals surface area contributed by atoms with Crippen molar-refractivity contribution in [1.29, 1.82) is 0 Å². The number of carbonyl (C=O) groups is 2. The van der Waals surface area contributed by atoms with Crippen LogP contribution in [0.4, 0.5) is 5.69 Å². The number of amides is 2. The highest BCUT2D eigenvalue weighted by Gasteiger charge is 2.06. The molecule has 0 aliphatic heterocycles. The number of aromatic nitrogens is 1. The highest BCUT2D eigenvalue weighted by atomic mass is 16.2. The molecule has 0 spiro atoms. The summed E-state index contributed by atoms with van der Waals surface area (Å²) in [6.45, 7) is 5.97. The van der Waals surface area contributed by atoms with Crippen LogP contribution in [0.2, 0.25) is 0 Å². The van der Waals surface area contributed by atoms with E-state index in [1.54, 1.807) is 18.3 Å². The van der Waals surface area contributed by atoms with Gasteiger partial charge in [0, 0.05) is 36.7 Å². The van der Waals surface area contributed by atoms with Crippen LogP contribution in [0.3, 0.4) is 0 Å². The predicted octanol–water partition coefficient (Wildman–Crippen LogP) is 1.81. The second-order valence-corrected chi connectivity index (χ2v) is 5.48. The first-order valence-electron chi connectivity index (χ1n) is 8.49. The first kappa shape index (κ1) is 19.1. The van der Waals surface area contributed by atoms with E-state index in [1.165, 1.54) is 12.4 Å². The third kappa shape index (κ3) is 5.70. The Morgan fingerprint density at radius 1 is 1.08 bits per heavy atom. The van der Waals surface area contributed by atoms with E-state index in [4.69, 9.17) is 0 Å². The van der Waals surface area contributed by atoms with Crippen LogP contribution in [-0.4, -0.2) is 42.6 Å². The Bertz CT molecular complexity index is 740. The maximum absolute atomic E-state index is 11.8. The first-order valence-corrected chi connectivity index (χ1v) is 8.49. The average Bonchev–Trinajstić information content (AvgIpc) is 2.69. The van der Waals surface area contributed by atoms with Gasteiger partial charge in [0.2, 0.25) is 0 Å². The van der Waals surface area contributed by atoms with Crippen LogP contribution < -0.4 is 15.6 Å². The summed E-state index contributed by atoms with van der Waals surface area (Å²) >= 11 is 0. The lowest BCUT2D eigenvalue weighted by Gasteiger charge is -2.20. The average molecular weight is 353 g/mol. The minimum atomic E-state index is -0.400. The molecule has 0 saturated heterocycles. The molecule has 1 heterocycles. The maximum atomic E-state index is 11.8. The molecule has 1 aromatic carbocycles. The molecule has 0 atom stereocenters. The number of pyridine rings is 1. The Balaban J connectivity index is 1.79. The van der Waals surface area contributed by atoms with E-state index >= 15 is 0 Å². The van der Waals surface area contributed by atoms with Gasteiger partial charge in [-0.05, 0) is 43.7 Å². The van der Waals surface area contributed by atoms with Gasteiger partial charge in [-0.15, -0.1) is 0 Å². The zero-order valence-electron chi connectivity index (χ0n) is 15.0. The van der Waals surface area contributed by atoms with Crippen molar-refractivity contribution in [1.82, 2.24) is 15.7 Å². The molecular formula is C19H23N5O2. The lowest BCUT2D eigenvalue weighted by molar-refractivity contribution is -0.120. The number of nitrogens with one attached hydrogen (secondary N) is 2. The molecule has 0 radical (unpaired) electrons. The maximum Gasteiger partial charge on any atom is 0.259 e. The fourth-order valence-electron chi connectivity index (χ4n) is 2.34. The summed E-state index contributed by atoms with van der Waals surface area (Å²) in [5.41, 5.74) is 4.86. The van der Waals surface area contributed by atoms with Crippen molar-refractivity contribution < 1.29 is 9.59 Å². The van der Waals surface area contributed by atoms with Crippen molar-refractivity contribution >= 4 is 23.7 Å². The van der Waals surface area contributed by atoms with Gasteiger partial charge in [-0.1, -0.05) is 12.1 Å². The highest BCUT2D eigenvalue weighted by Crippen LogP contribution is 2.13. The van der Waals surface area contributed by atoms with Gasteiger partial charge in [0.25, 0.3) is 11.8 Å². The summed E-state index contributed by atoms with van der Waals surface area (Å²) in [6, 6.07) is 11.1. The van der Waals surface area contributed by atoms with Gasteiger partial charge in [0.05, 0.1) is 12.8 Å². The fourth-order valence-corrected chi connectivity index (χ4v) is 2.34. The molecule has 1 aromatic heterocycles. The molecule has 0 aliphatic carbocycles. The van der Waals surface area contributed by atoms with E-state index in [1.807, 2.05) is 24.3 Å². The van der Waals surface area contributed by atoms with Gasteiger partial charge in [-0.2, -0.15) is 5.10 Å². The van der Waals surface area contributed by atoms with Crippen LogP contribution in [0.1, 0.15) is 29.8 Å². The molecule has 7 nitrogen and oxygen atoms in total. The van der Waals surface area contributed by atoms with Crippen LogP contribution in [0, 0.1) is 0 Å². The Hall–Kier alpha value is -3.22. The van der Waals surface area contributed by atoms with Gasteiger partial charge in [-0.3, -0.25) is 14.6 Å². The van der Waals surface area contributed by atoms with E-state index in [9.17, 15) is 9.59 Å². The van der Waals surface area contributed by atoms with Crippen LogP contribution in [0.15, 0.2) is 53.9 Å². The molecule has 0 unspecified atom stereocenters. The van der Waals surface area contributed by atoms with Crippen molar-refractivity contribution in [2.45, 2.75) is 13.8 Å². The van der Waals surface area contributed by atoms with E-state index in [2.05, 4.69) is 39.6 Å². The van der Waals surface area contributed by atoms with Gasteiger partial charge in [0.15, 0.2) is 0 Å². The Kier molecular flexibility index (Phi) is 7.30. The number of hydrogen-bond acceptors (Lipinski definition) is 5. The standard InChI is InChI=1S/C19H23N5O2/c1-3-24(4-2)17-7-5-15(6-8-17)13-22-23-18(25)14-21-19(26)16-9-11-20-12-10-16/h5-13H,3-4,14H2,1-2H3,(H,21,26)(H,23,25)/b22-13+. The number of benzene rings is 1. The third-order valence-corrected chi connectivity index (χ3v) is 3.78. The van der Waals surface area contributed by atoms with Gasteiger partial charge >= 0.3 is 0 Å². The summed E-state index contributed by atoms with van der Waals surface area (Å²) in [7, 11) is 0. The van der Waals surface area contributed by atoms with E-state index in [0.717, 1.165) is 24.3 Å². The van der Waals surface area contributed by atoms with Crippen molar-refractivity contribution in [2.75, 3.05) is 24.5 Å². The lowest BCUT2D eigenvalue weighted by Crippen LogP contribution is -2.34. The smallest absolute Gasteiger partial charge is 0.259 e. The molecule has 0 aliphatic rings. The van der Waals surface area contributed by atoms with Gasteiger partial charge in [-0.25, -0.2) is 5.43 Å². The SMILES string of the molecule is CCN(CC)c1ccc(/C=N/NC(=O)CNC(=O)c2ccncc2)cc1. The lowest BCUT2D eigenvalue weighted by atomic mass is 10.2. The normalized spacial score (nSPS) is 10.5. The predicted molar refractivity (Wildman–Crippen MR) is 102 cm³/mol. The summed E-state index contributed by atoms with van der Waals surface area (Å²) in [4.78, 5) is 29.6. The molecule has 7 heteroatoms. The number of anilines is 1. The largest absolute Gasteiger partial charge is 0.372 e. The molecule has 2 amide bonds. The monoisotopic (exact) mass is 353 g/mol. The molecular weight excluding hydrogens is 330 g/mol. The third-order valence-electron chi connectivity index (χ3n) is 3.78. The molecule has 26 heavy (non-hydrogen) atoms. The molecule has 2 aromatic rings. The van der Waals surface area contributed by atoms with Crippen molar-refractivity contribution in [3.8, 4) is 0 Å². The number of carbonyl (C=O) groups excluding carboxylic acids is 2. The summed E-state index contributed by atoms with van der Waals surface area (Å²) in [5, 5.41) is 6.43. The minimum Gasteiger partial charge on any atom is -0.372 e. The molecule has 136 valence electrons. The van der Waals surface area contributed by atoms with Crippen molar-refractivity contribution in [3.05, 3.63) is 59.9 Å². The Morgan fingerprint density at radius 3 is 2.35 bits per heavy atom. The summed E-state index contributed by atoms with van der Waals surface area (Å²) < 4.78 is 0. The number of hydrogen-bond donors (Lipinski definition) is 2. The fraction of sp³-hybridized carbons (Fsp3) is 0.263. The van der Waals surface area contributed by atoms with Crippen molar-refractivity contribution in [3.63, 3.8) is 0 Å². The second kappa shape index (κ2) is 9.93. The van der Waals surface area contributed by atoms with E-state index < -0.39 is 5.91 Å². The zero-order chi connectivity index (χ0) is 18.8. The Morgan fingerprint density at radius 2 is 1.73 bits per heavy atom. The quantitative estimate of drug-likeness (QED) is 0.560. The Labute approximate surface area is 153 Å². The highest BCUT2D eigenvalue weighted by molar-refractivity contribution is 5.96. The minimum absolute atomic E-state index is 0.153. The zero-order valence-corrected chi connectivity index (χ0v) is 15.0.